The zero-order chi connectivity index (χ0) is 30.7. The summed E-state index contributed by atoms with van der Waals surface area (Å²) >= 11 is 5.86. The molecule has 1 aliphatic rings. The van der Waals surface area contributed by atoms with Crippen molar-refractivity contribution in [2.45, 2.75) is 38.5 Å². The number of fused-ring (bicyclic) bond motifs is 1. The van der Waals surface area contributed by atoms with E-state index in [-0.39, 0.29) is 29.4 Å². The lowest BCUT2D eigenvalue weighted by atomic mass is 9.89. The Bertz CT molecular complexity index is 1620. The number of nitrogens with zero attached hydrogens (tertiary/aromatic N) is 3. The van der Waals surface area contributed by atoms with Crippen molar-refractivity contribution in [3.05, 3.63) is 81.9 Å². The van der Waals surface area contributed by atoms with E-state index in [4.69, 9.17) is 25.8 Å². The summed E-state index contributed by atoms with van der Waals surface area (Å²) in [5.41, 5.74) is 2.33. The second-order valence-corrected chi connectivity index (χ2v) is 10.7. The molecule has 0 spiro atoms. The number of benzene rings is 3. The van der Waals surface area contributed by atoms with Gasteiger partial charge in [-0.15, -0.1) is 0 Å². The first-order chi connectivity index (χ1) is 20.7. The molecule has 8 nitrogen and oxygen atoms in total. The third kappa shape index (κ3) is 6.83. The van der Waals surface area contributed by atoms with Gasteiger partial charge >= 0.3 is 12.6 Å². The number of likely N-dealkylation sites (tertiary alicyclic amines) is 1. The van der Waals surface area contributed by atoms with Crippen LogP contribution in [0.25, 0.3) is 11.0 Å². The Labute approximate surface area is 251 Å². The minimum atomic E-state index is -3.07. The molecule has 0 atom stereocenters. The molecule has 0 unspecified atom stereocenters. The highest BCUT2D eigenvalue weighted by Crippen LogP contribution is 2.36. The van der Waals surface area contributed by atoms with Gasteiger partial charge in [0.05, 0.1) is 31.8 Å². The molecule has 0 aliphatic carbocycles. The van der Waals surface area contributed by atoms with Crippen molar-refractivity contribution in [1.82, 2.24) is 14.5 Å². The van der Waals surface area contributed by atoms with Crippen molar-refractivity contribution < 1.29 is 36.9 Å². The highest BCUT2D eigenvalue weighted by molar-refractivity contribution is 6.30. The summed E-state index contributed by atoms with van der Waals surface area (Å²) < 4.78 is 63.2. The number of methoxy groups -OCH3 is 2. The van der Waals surface area contributed by atoms with E-state index in [1.54, 1.807) is 36.9 Å². The smallest absolute Gasteiger partial charge is 0.387 e. The molecule has 0 bridgehead atoms. The van der Waals surface area contributed by atoms with E-state index in [0.29, 0.717) is 40.0 Å². The molecule has 1 saturated heterocycles. The van der Waals surface area contributed by atoms with E-state index in [1.165, 1.54) is 19.2 Å². The van der Waals surface area contributed by atoms with Gasteiger partial charge in [0, 0.05) is 17.6 Å². The van der Waals surface area contributed by atoms with Gasteiger partial charge in [0.1, 0.15) is 23.8 Å². The average Bonchev–Trinajstić information content (AvgIpc) is 3.31. The second-order valence-electron chi connectivity index (χ2n) is 10.3. The highest BCUT2D eigenvalue weighted by atomic mass is 35.5. The monoisotopic (exact) mass is 617 g/mol. The molecule has 1 aromatic heterocycles. The van der Waals surface area contributed by atoms with Gasteiger partial charge in [0.2, 0.25) is 0 Å². The molecule has 0 saturated carbocycles. The van der Waals surface area contributed by atoms with Crippen molar-refractivity contribution in [1.29, 1.82) is 0 Å². The lowest BCUT2D eigenvalue weighted by molar-refractivity contribution is -0.0489. The molecule has 3 aromatic carbocycles. The van der Waals surface area contributed by atoms with Gasteiger partial charge in [-0.05, 0) is 73.8 Å². The third-order valence-corrected chi connectivity index (χ3v) is 7.93. The summed E-state index contributed by atoms with van der Waals surface area (Å²) in [5, 5.41) is 0.321. The standard InChI is InChI=1S/C31H31ClF3N3O5/c1-37-24-12-21(30(39)41-3)14-27(43-31(34)35)29(24)36-28(37)16-38-10-8-18(9-11-38)19-5-7-25(40-2)26(13-19)42-17-20-4-6-22(32)15-23(20)33/h4-7,12-15,18,31H,8-11,16-17H2,1-3H3. The molecular formula is C31H31ClF3N3O5. The van der Waals surface area contributed by atoms with Crippen LogP contribution < -0.4 is 14.2 Å². The Morgan fingerprint density at radius 3 is 2.49 bits per heavy atom. The maximum Gasteiger partial charge on any atom is 0.387 e. The summed E-state index contributed by atoms with van der Waals surface area (Å²) in [7, 11) is 4.56. The van der Waals surface area contributed by atoms with Crippen LogP contribution in [0, 0.1) is 5.82 Å². The Kier molecular flexibility index (Phi) is 9.31. The second kappa shape index (κ2) is 13.1. The van der Waals surface area contributed by atoms with Crippen LogP contribution in [-0.4, -0.2) is 54.3 Å². The van der Waals surface area contributed by atoms with Crippen molar-refractivity contribution in [3.63, 3.8) is 0 Å². The summed E-state index contributed by atoms with van der Waals surface area (Å²) in [4.78, 5) is 19.0. The summed E-state index contributed by atoms with van der Waals surface area (Å²) in [6, 6.07) is 13.1. The van der Waals surface area contributed by atoms with Crippen LogP contribution >= 0.6 is 11.6 Å². The lowest BCUT2D eigenvalue weighted by Gasteiger charge is -2.32. The zero-order valence-corrected chi connectivity index (χ0v) is 24.7. The number of hydrogen-bond donors (Lipinski definition) is 0. The molecule has 5 rings (SSSR count). The predicted molar refractivity (Wildman–Crippen MR) is 155 cm³/mol. The minimum Gasteiger partial charge on any atom is -0.493 e. The SMILES string of the molecule is COC(=O)c1cc(OC(F)F)c2nc(CN3CCC(c4ccc(OC)c(OCc5ccc(Cl)cc5F)c4)CC3)n(C)c2c1. The van der Waals surface area contributed by atoms with E-state index < -0.39 is 18.4 Å². The average molecular weight is 618 g/mol. The van der Waals surface area contributed by atoms with Crippen LogP contribution in [0.1, 0.15) is 46.1 Å². The maximum atomic E-state index is 14.3. The molecule has 12 heteroatoms. The number of carbonyl (C=O) groups is 1. The summed E-state index contributed by atoms with van der Waals surface area (Å²) in [6.45, 7) is -0.990. The largest absolute Gasteiger partial charge is 0.493 e. The third-order valence-electron chi connectivity index (χ3n) is 7.69. The van der Waals surface area contributed by atoms with Gasteiger partial charge in [-0.2, -0.15) is 8.78 Å². The van der Waals surface area contributed by atoms with E-state index in [1.807, 2.05) is 18.2 Å². The fourth-order valence-electron chi connectivity index (χ4n) is 5.35. The molecule has 1 aliphatic heterocycles. The number of aromatic nitrogens is 2. The van der Waals surface area contributed by atoms with E-state index in [2.05, 4.69) is 14.6 Å². The van der Waals surface area contributed by atoms with Gasteiger partial charge in [-0.3, -0.25) is 4.90 Å². The molecular weight excluding hydrogens is 587 g/mol. The van der Waals surface area contributed by atoms with Crippen molar-refractivity contribution >= 4 is 28.6 Å². The Morgan fingerprint density at radius 1 is 1.05 bits per heavy atom. The highest BCUT2D eigenvalue weighted by Gasteiger charge is 2.25. The zero-order valence-electron chi connectivity index (χ0n) is 23.9. The van der Waals surface area contributed by atoms with Crippen molar-refractivity contribution in [3.8, 4) is 17.2 Å². The van der Waals surface area contributed by atoms with Gasteiger partial charge < -0.3 is 23.5 Å². The molecule has 1 fully saturated rings. The number of alkyl halides is 2. The van der Waals surface area contributed by atoms with Crippen molar-refractivity contribution in [2.24, 2.45) is 7.05 Å². The molecule has 43 heavy (non-hydrogen) atoms. The molecule has 0 radical (unpaired) electrons. The Morgan fingerprint density at radius 2 is 1.81 bits per heavy atom. The number of piperidine rings is 1. The number of esters is 1. The number of hydrogen-bond acceptors (Lipinski definition) is 7. The van der Waals surface area contributed by atoms with Gasteiger partial charge in [0.15, 0.2) is 17.2 Å². The molecule has 4 aromatic rings. The first-order valence-electron chi connectivity index (χ1n) is 13.7. The van der Waals surface area contributed by atoms with Crippen LogP contribution in [0.4, 0.5) is 13.2 Å². The molecule has 0 amide bonds. The van der Waals surface area contributed by atoms with Crippen LogP contribution in [0.2, 0.25) is 5.02 Å². The number of aryl methyl sites for hydroxylation is 1. The van der Waals surface area contributed by atoms with E-state index in [0.717, 1.165) is 31.5 Å². The van der Waals surface area contributed by atoms with Gasteiger partial charge in [0.25, 0.3) is 0 Å². The van der Waals surface area contributed by atoms with E-state index >= 15 is 0 Å². The number of carbonyl (C=O) groups excluding carboxylic acids is 1. The molecule has 2 heterocycles. The lowest BCUT2D eigenvalue weighted by Crippen LogP contribution is -2.33. The van der Waals surface area contributed by atoms with Crippen LogP contribution in [0.3, 0.4) is 0 Å². The first kappa shape index (κ1) is 30.5. The van der Waals surface area contributed by atoms with Gasteiger partial charge in [-0.25, -0.2) is 14.2 Å². The number of rotatable bonds is 10. The number of imidazole rings is 1. The summed E-state index contributed by atoms with van der Waals surface area (Å²) in [5.74, 6) is 0.750. The van der Waals surface area contributed by atoms with Crippen LogP contribution in [0.15, 0.2) is 48.5 Å². The van der Waals surface area contributed by atoms with E-state index in [9.17, 15) is 18.0 Å². The first-order valence-corrected chi connectivity index (χ1v) is 14.0. The topological polar surface area (TPSA) is 75.1 Å². The van der Waals surface area contributed by atoms with Crippen LogP contribution in [0.5, 0.6) is 17.2 Å². The van der Waals surface area contributed by atoms with Gasteiger partial charge in [-0.1, -0.05) is 23.7 Å². The van der Waals surface area contributed by atoms with Crippen LogP contribution in [-0.2, 0) is 24.9 Å². The predicted octanol–water partition coefficient (Wildman–Crippen LogP) is 6.72. The number of halogens is 4. The maximum absolute atomic E-state index is 14.3. The minimum absolute atomic E-state index is 0.0322. The molecule has 228 valence electrons. The Hall–Kier alpha value is -3.96. The number of ether oxygens (including phenoxy) is 4. The normalized spacial score (nSPS) is 14.3. The summed E-state index contributed by atoms with van der Waals surface area (Å²) in [6.07, 6.45) is 1.74. The van der Waals surface area contributed by atoms with Crippen molar-refractivity contribution in [2.75, 3.05) is 27.3 Å². The fourth-order valence-corrected chi connectivity index (χ4v) is 5.50. The Balaban J connectivity index is 1.28. The fraction of sp³-hybridized carbons (Fsp3) is 0.355. The quantitative estimate of drug-likeness (QED) is 0.183. The molecule has 0 N–H and O–H groups in total.